The zero-order valence-electron chi connectivity index (χ0n) is 18.4. The van der Waals surface area contributed by atoms with Gasteiger partial charge in [0.1, 0.15) is 0 Å². The Balaban J connectivity index is 1.72. The molecule has 3 N–H and O–H groups in total. The van der Waals surface area contributed by atoms with Gasteiger partial charge in [0.25, 0.3) is 5.91 Å². The number of benzene rings is 3. The summed E-state index contributed by atoms with van der Waals surface area (Å²) in [5.41, 5.74) is -5.83. The van der Waals surface area contributed by atoms with Crippen molar-refractivity contribution in [3.8, 4) is 0 Å². The Morgan fingerprint density at radius 2 is 1.31 bits per heavy atom. The summed E-state index contributed by atoms with van der Waals surface area (Å²) < 4.78 is 92.4. The van der Waals surface area contributed by atoms with Crippen LogP contribution in [0.3, 0.4) is 0 Å². The highest BCUT2D eigenvalue weighted by Gasteiger charge is 2.73. The molecule has 0 aromatic heterocycles. The topological polar surface area (TPSA) is 53.2 Å². The number of anilines is 3. The normalized spacial score (nSPS) is 12.1. The molecule has 4 nitrogen and oxygen atoms in total. The van der Waals surface area contributed by atoms with Crippen molar-refractivity contribution in [3.63, 3.8) is 0 Å². The van der Waals surface area contributed by atoms with Crippen LogP contribution in [0, 0.1) is 6.92 Å². The Kier molecular flexibility index (Phi) is 7.58. The van der Waals surface area contributed by atoms with Gasteiger partial charge in [-0.05, 0) is 61.1 Å². The van der Waals surface area contributed by atoms with E-state index in [1.807, 2.05) is 0 Å². The molecule has 3 aromatic rings. The molecule has 0 aliphatic rings. The van der Waals surface area contributed by atoms with Crippen molar-refractivity contribution in [3.05, 3.63) is 89.5 Å². The van der Waals surface area contributed by atoms with E-state index in [0.29, 0.717) is 29.1 Å². The molecule has 0 saturated heterocycles. The lowest BCUT2D eigenvalue weighted by Gasteiger charge is -2.30. The Labute approximate surface area is 206 Å². The van der Waals surface area contributed by atoms with Gasteiger partial charge in [-0.1, -0.05) is 36.4 Å². The van der Waals surface area contributed by atoms with E-state index < -0.39 is 23.6 Å². The van der Waals surface area contributed by atoms with Gasteiger partial charge < -0.3 is 16.0 Å². The number of alkyl halides is 7. The van der Waals surface area contributed by atoms with E-state index in [9.17, 15) is 35.5 Å². The number of aryl methyl sites for hydroxylation is 1. The largest absolute Gasteiger partial charge is 0.435 e. The first kappa shape index (κ1) is 26.9. The number of hydrogen-bond acceptors (Lipinski definition) is 2. The minimum Gasteiger partial charge on any atom is -0.332 e. The molecule has 0 aliphatic heterocycles. The van der Waals surface area contributed by atoms with Gasteiger partial charge >= 0.3 is 18.0 Å². The second-order valence-corrected chi connectivity index (χ2v) is 8.07. The van der Waals surface area contributed by atoms with Gasteiger partial charge in [-0.25, -0.2) is 4.39 Å². The zero-order chi connectivity index (χ0) is 26.7. The third-order valence-corrected chi connectivity index (χ3v) is 5.27. The van der Waals surface area contributed by atoms with E-state index >= 15 is 0 Å². The first-order chi connectivity index (χ1) is 16.7. The van der Waals surface area contributed by atoms with E-state index in [2.05, 4.69) is 16.0 Å². The predicted molar refractivity (Wildman–Crippen MR) is 127 cm³/mol. The van der Waals surface area contributed by atoms with Crippen LogP contribution in [0.25, 0.3) is 0 Å². The first-order valence-electron chi connectivity index (χ1n) is 10.2. The van der Waals surface area contributed by atoms with E-state index in [-0.39, 0.29) is 22.3 Å². The fraction of sp³-hybridized carbons (Fsp3) is 0.167. The Morgan fingerprint density at radius 1 is 0.722 bits per heavy atom. The Morgan fingerprint density at radius 3 is 1.86 bits per heavy atom. The van der Waals surface area contributed by atoms with Crippen molar-refractivity contribution in [2.24, 2.45) is 0 Å². The average molecular weight is 529 g/mol. The van der Waals surface area contributed by atoms with Crippen LogP contribution >= 0.6 is 12.2 Å². The standard InChI is InChI=1S/C24H18F7N3OS/c1-14-12-16(22(25,23(26,27)28)24(29,30)31)10-11-19(14)34-21(36)33-18-9-5-8-17(13-18)32-20(35)15-6-3-2-4-7-15/h2-13H,1H3,(H,32,35)(H2,33,34,36). The molecule has 3 aromatic carbocycles. The first-order valence-corrected chi connectivity index (χ1v) is 10.6. The monoisotopic (exact) mass is 529 g/mol. The molecular weight excluding hydrogens is 511 g/mol. The number of thiocarbonyl (C=S) groups is 1. The van der Waals surface area contributed by atoms with Gasteiger partial charge in [0, 0.05) is 28.2 Å². The molecule has 0 heterocycles. The van der Waals surface area contributed by atoms with Crippen molar-refractivity contribution < 1.29 is 35.5 Å². The van der Waals surface area contributed by atoms with Gasteiger partial charge in [0.2, 0.25) is 0 Å². The number of hydrogen-bond donors (Lipinski definition) is 3. The molecule has 1 amide bonds. The summed E-state index contributed by atoms with van der Waals surface area (Å²) in [5.74, 6) is -0.342. The van der Waals surface area contributed by atoms with Crippen molar-refractivity contribution in [2.45, 2.75) is 24.9 Å². The van der Waals surface area contributed by atoms with Gasteiger partial charge in [0.05, 0.1) is 0 Å². The van der Waals surface area contributed by atoms with Crippen LogP contribution in [0.4, 0.5) is 47.8 Å². The van der Waals surface area contributed by atoms with Crippen LogP contribution in [-0.2, 0) is 5.67 Å². The molecule has 0 radical (unpaired) electrons. The van der Waals surface area contributed by atoms with E-state index in [1.54, 1.807) is 54.6 Å². The van der Waals surface area contributed by atoms with Crippen LogP contribution in [-0.4, -0.2) is 23.4 Å². The molecule has 0 aliphatic carbocycles. The van der Waals surface area contributed by atoms with Crippen LogP contribution in [0.5, 0.6) is 0 Å². The van der Waals surface area contributed by atoms with E-state index in [1.165, 1.54) is 6.92 Å². The molecule has 0 saturated carbocycles. The maximum absolute atomic E-state index is 14.3. The fourth-order valence-corrected chi connectivity index (χ4v) is 3.49. The number of halogens is 7. The number of amides is 1. The SMILES string of the molecule is Cc1cc(C(F)(C(F)(F)F)C(F)(F)F)ccc1NC(=S)Nc1cccc(NC(=O)c2ccccc2)c1. The second-order valence-electron chi connectivity index (χ2n) is 7.66. The van der Waals surface area contributed by atoms with Crippen LogP contribution in [0.15, 0.2) is 72.8 Å². The molecule has 190 valence electrons. The van der Waals surface area contributed by atoms with Crippen LogP contribution in [0.2, 0.25) is 0 Å². The minimum absolute atomic E-state index is 0.0458. The molecule has 0 fully saturated rings. The minimum atomic E-state index is -6.20. The van der Waals surface area contributed by atoms with Gasteiger partial charge in [0.15, 0.2) is 5.11 Å². The highest BCUT2D eigenvalue weighted by molar-refractivity contribution is 7.80. The molecule has 0 bridgehead atoms. The van der Waals surface area contributed by atoms with Crippen LogP contribution < -0.4 is 16.0 Å². The number of carbonyl (C=O) groups excluding carboxylic acids is 1. The van der Waals surface area contributed by atoms with Crippen molar-refractivity contribution in [1.29, 1.82) is 0 Å². The highest BCUT2D eigenvalue weighted by atomic mass is 32.1. The maximum Gasteiger partial charge on any atom is 0.435 e. The molecule has 0 spiro atoms. The van der Waals surface area contributed by atoms with E-state index in [4.69, 9.17) is 12.2 Å². The molecule has 12 heteroatoms. The molecule has 0 atom stereocenters. The summed E-state index contributed by atoms with van der Waals surface area (Å²) in [7, 11) is 0. The lowest BCUT2D eigenvalue weighted by atomic mass is 9.92. The van der Waals surface area contributed by atoms with E-state index in [0.717, 1.165) is 6.07 Å². The number of nitrogens with one attached hydrogen (secondary N) is 3. The second kappa shape index (κ2) is 10.1. The third kappa shape index (κ3) is 5.76. The fourth-order valence-electron chi connectivity index (χ4n) is 3.26. The van der Waals surface area contributed by atoms with Crippen molar-refractivity contribution in [1.82, 2.24) is 0 Å². The summed E-state index contributed by atoms with van der Waals surface area (Å²) in [5, 5.41) is 8.12. The number of rotatable bonds is 5. The molecule has 36 heavy (non-hydrogen) atoms. The van der Waals surface area contributed by atoms with Crippen molar-refractivity contribution >= 4 is 40.3 Å². The predicted octanol–water partition coefficient (Wildman–Crippen LogP) is 7.35. The quantitative estimate of drug-likeness (QED) is 0.239. The maximum atomic E-state index is 14.3. The third-order valence-electron chi connectivity index (χ3n) is 5.07. The summed E-state index contributed by atoms with van der Waals surface area (Å²) in [6.45, 7) is 1.21. The van der Waals surface area contributed by atoms with Gasteiger partial charge in [-0.15, -0.1) is 0 Å². The lowest BCUT2D eigenvalue weighted by molar-refractivity contribution is -0.348. The Bertz CT molecular complexity index is 1250. The Hall–Kier alpha value is -3.67. The highest BCUT2D eigenvalue weighted by Crippen LogP contribution is 2.53. The van der Waals surface area contributed by atoms with Crippen molar-refractivity contribution in [2.75, 3.05) is 16.0 Å². The molecule has 3 rings (SSSR count). The molecule has 0 unspecified atom stereocenters. The summed E-state index contributed by atoms with van der Waals surface area (Å²) in [6.07, 6.45) is -12.4. The smallest absolute Gasteiger partial charge is 0.332 e. The lowest BCUT2D eigenvalue weighted by Crippen LogP contribution is -2.50. The zero-order valence-corrected chi connectivity index (χ0v) is 19.2. The number of carbonyl (C=O) groups is 1. The summed E-state index contributed by atoms with van der Waals surface area (Å²) in [4.78, 5) is 12.3. The van der Waals surface area contributed by atoms with Crippen LogP contribution in [0.1, 0.15) is 21.5 Å². The van der Waals surface area contributed by atoms with Gasteiger partial charge in [-0.3, -0.25) is 4.79 Å². The van der Waals surface area contributed by atoms with Gasteiger partial charge in [-0.2, -0.15) is 26.3 Å². The molecular formula is C24H18F7N3OS. The summed E-state index contributed by atoms with van der Waals surface area (Å²) in [6, 6.07) is 16.7. The summed E-state index contributed by atoms with van der Waals surface area (Å²) >= 11 is 5.17. The average Bonchev–Trinajstić information content (AvgIpc) is 2.79.